The number of para-hydroxylation sites is 1. The maximum atomic E-state index is 5.58. The standard InChI is InChI=1S/C17H23N3S2/c1-12-7-3-4-8-13(12)19-17(21)20(2)11-16-18-14-9-5-6-10-15(14)22-16/h5-6,9-10,12-13H,3-4,7-8,11H2,1-2H3,(H,19,21)/t12-,13-/m0/s1. The number of nitrogens with one attached hydrogen (secondary N) is 1. The van der Waals surface area contributed by atoms with Crippen LogP contribution in [0.1, 0.15) is 37.6 Å². The van der Waals surface area contributed by atoms with Gasteiger partial charge in [-0.15, -0.1) is 11.3 Å². The summed E-state index contributed by atoms with van der Waals surface area (Å²) in [6.45, 7) is 3.10. The Morgan fingerprint density at radius 2 is 2.14 bits per heavy atom. The lowest BCUT2D eigenvalue weighted by Gasteiger charge is -2.32. The summed E-state index contributed by atoms with van der Waals surface area (Å²) in [7, 11) is 2.05. The van der Waals surface area contributed by atoms with E-state index in [2.05, 4.69) is 47.4 Å². The van der Waals surface area contributed by atoms with Crippen molar-refractivity contribution in [2.75, 3.05) is 7.05 Å². The van der Waals surface area contributed by atoms with Crippen LogP contribution in [0.15, 0.2) is 24.3 Å². The van der Waals surface area contributed by atoms with Crippen molar-refractivity contribution in [1.82, 2.24) is 15.2 Å². The first kappa shape index (κ1) is 15.7. The van der Waals surface area contributed by atoms with Gasteiger partial charge in [-0.1, -0.05) is 31.9 Å². The van der Waals surface area contributed by atoms with Crippen LogP contribution in [-0.2, 0) is 6.54 Å². The van der Waals surface area contributed by atoms with Gasteiger partial charge in [-0.25, -0.2) is 4.98 Å². The third-order valence-electron chi connectivity index (χ3n) is 4.48. The number of thiocarbonyl (C=S) groups is 1. The Hall–Kier alpha value is -1.20. The molecule has 22 heavy (non-hydrogen) atoms. The highest BCUT2D eigenvalue weighted by Gasteiger charge is 2.22. The predicted molar refractivity (Wildman–Crippen MR) is 98.2 cm³/mol. The molecule has 0 aliphatic heterocycles. The molecule has 2 atom stereocenters. The Morgan fingerprint density at radius 1 is 1.36 bits per heavy atom. The SMILES string of the molecule is C[C@H]1CCCC[C@@H]1NC(=S)N(C)Cc1nc2ccccc2s1. The monoisotopic (exact) mass is 333 g/mol. The van der Waals surface area contributed by atoms with Crippen molar-refractivity contribution >= 4 is 38.9 Å². The third-order valence-corrected chi connectivity index (χ3v) is 5.93. The molecule has 118 valence electrons. The maximum absolute atomic E-state index is 5.58. The van der Waals surface area contributed by atoms with Gasteiger partial charge in [-0.05, 0) is 43.1 Å². The highest BCUT2D eigenvalue weighted by atomic mass is 32.1. The minimum Gasteiger partial charge on any atom is -0.360 e. The summed E-state index contributed by atoms with van der Waals surface area (Å²) in [5, 5.41) is 5.52. The summed E-state index contributed by atoms with van der Waals surface area (Å²) in [6.07, 6.45) is 5.21. The second kappa shape index (κ2) is 6.92. The van der Waals surface area contributed by atoms with E-state index in [4.69, 9.17) is 12.2 Å². The molecular weight excluding hydrogens is 310 g/mol. The fourth-order valence-electron chi connectivity index (χ4n) is 3.06. The zero-order chi connectivity index (χ0) is 15.5. The second-order valence-corrected chi connectivity index (χ2v) is 7.75. The molecule has 0 bridgehead atoms. The van der Waals surface area contributed by atoms with E-state index in [-0.39, 0.29) is 0 Å². The number of hydrogen-bond acceptors (Lipinski definition) is 3. The highest BCUT2D eigenvalue weighted by molar-refractivity contribution is 7.80. The van der Waals surface area contributed by atoms with Crippen molar-refractivity contribution in [2.45, 2.75) is 45.2 Å². The van der Waals surface area contributed by atoms with Gasteiger partial charge >= 0.3 is 0 Å². The molecule has 1 aromatic heterocycles. The molecule has 0 spiro atoms. The molecule has 0 radical (unpaired) electrons. The average molecular weight is 334 g/mol. The molecular formula is C17H23N3S2. The fraction of sp³-hybridized carbons (Fsp3) is 0.529. The predicted octanol–water partition coefficient (Wildman–Crippen LogP) is 4.18. The van der Waals surface area contributed by atoms with Crippen LogP contribution in [0, 0.1) is 5.92 Å². The molecule has 0 amide bonds. The molecule has 1 N–H and O–H groups in total. The van der Waals surface area contributed by atoms with Crippen LogP contribution in [0.5, 0.6) is 0 Å². The van der Waals surface area contributed by atoms with Gasteiger partial charge in [0.2, 0.25) is 0 Å². The van der Waals surface area contributed by atoms with Gasteiger partial charge < -0.3 is 10.2 Å². The summed E-state index contributed by atoms with van der Waals surface area (Å²) in [6, 6.07) is 8.81. The van der Waals surface area contributed by atoms with E-state index in [1.165, 1.54) is 30.4 Å². The van der Waals surface area contributed by atoms with Crippen molar-refractivity contribution in [3.05, 3.63) is 29.3 Å². The van der Waals surface area contributed by atoms with Crippen LogP contribution in [0.25, 0.3) is 10.2 Å². The molecule has 1 heterocycles. The van der Waals surface area contributed by atoms with Crippen molar-refractivity contribution in [2.24, 2.45) is 5.92 Å². The molecule has 1 aromatic carbocycles. The van der Waals surface area contributed by atoms with Crippen LogP contribution in [0.2, 0.25) is 0 Å². The number of hydrogen-bond donors (Lipinski definition) is 1. The van der Waals surface area contributed by atoms with Crippen molar-refractivity contribution in [3.63, 3.8) is 0 Å². The lowest BCUT2D eigenvalue weighted by atomic mass is 9.86. The lowest BCUT2D eigenvalue weighted by molar-refractivity contribution is 0.300. The van der Waals surface area contributed by atoms with E-state index in [1.54, 1.807) is 11.3 Å². The maximum Gasteiger partial charge on any atom is 0.169 e. The normalized spacial score (nSPS) is 21.7. The number of benzene rings is 1. The zero-order valence-corrected chi connectivity index (χ0v) is 14.8. The van der Waals surface area contributed by atoms with Crippen molar-refractivity contribution in [1.29, 1.82) is 0 Å². The minimum atomic E-state index is 0.527. The molecule has 2 aromatic rings. The van der Waals surface area contributed by atoms with Crippen LogP contribution in [0.3, 0.4) is 0 Å². The Bertz CT molecular complexity index is 619. The quantitative estimate of drug-likeness (QED) is 0.853. The van der Waals surface area contributed by atoms with Gasteiger partial charge in [0.15, 0.2) is 5.11 Å². The summed E-state index contributed by atoms with van der Waals surface area (Å²) in [4.78, 5) is 6.79. The number of nitrogens with zero attached hydrogens (tertiary/aromatic N) is 2. The van der Waals surface area contributed by atoms with Crippen LogP contribution < -0.4 is 5.32 Å². The van der Waals surface area contributed by atoms with E-state index >= 15 is 0 Å². The summed E-state index contributed by atoms with van der Waals surface area (Å²) in [5.41, 5.74) is 1.08. The molecule has 1 saturated carbocycles. The van der Waals surface area contributed by atoms with E-state index < -0.39 is 0 Å². The molecule has 1 aliphatic rings. The van der Waals surface area contributed by atoms with E-state index in [0.29, 0.717) is 12.0 Å². The Balaban J connectivity index is 1.60. The number of fused-ring (bicyclic) bond motifs is 1. The largest absolute Gasteiger partial charge is 0.360 e. The molecule has 3 nitrogen and oxygen atoms in total. The van der Waals surface area contributed by atoms with Gasteiger partial charge in [0.1, 0.15) is 5.01 Å². The Kier molecular flexibility index (Phi) is 4.93. The molecule has 1 fully saturated rings. The summed E-state index contributed by atoms with van der Waals surface area (Å²) in [5.74, 6) is 0.711. The number of rotatable bonds is 3. The van der Waals surface area contributed by atoms with E-state index in [9.17, 15) is 0 Å². The molecule has 3 rings (SSSR count). The Morgan fingerprint density at radius 3 is 2.91 bits per heavy atom. The molecule has 0 unspecified atom stereocenters. The zero-order valence-electron chi connectivity index (χ0n) is 13.2. The smallest absolute Gasteiger partial charge is 0.169 e. The van der Waals surface area contributed by atoms with Gasteiger partial charge in [0, 0.05) is 13.1 Å². The van der Waals surface area contributed by atoms with Crippen LogP contribution >= 0.6 is 23.6 Å². The molecule has 1 aliphatic carbocycles. The van der Waals surface area contributed by atoms with Gasteiger partial charge in [0.05, 0.1) is 16.8 Å². The van der Waals surface area contributed by atoms with Gasteiger partial charge in [-0.2, -0.15) is 0 Å². The highest BCUT2D eigenvalue weighted by Crippen LogP contribution is 2.25. The Labute approximate surface area is 141 Å². The summed E-state index contributed by atoms with van der Waals surface area (Å²) < 4.78 is 1.24. The van der Waals surface area contributed by atoms with Crippen molar-refractivity contribution in [3.8, 4) is 0 Å². The minimum absolute atomic E-state index is 0.527. The van der Waals surface area contributed by atoms with Crippen molar-refractivity contribution < 1.29 is 0 Å². The molecule has 5 heteroatoms. The first-order chi connectivity index (χ1) is 10.6. The topological polar surface area (TPSA) is 28.2 Å². The first-order valence-corrected chi connectivity index (χ1v) is 9.22. The van der Waals surface area contributed by atoms with Crippen LogP contribution in [0.4, 0.5) is 0 Å². The van der Waals surface area contributed by atoms with E-state index in [1.807, 2.05) is 6.07 Å². The fourth-order valence-corrected chi connectivity index (χ4v) is 4.30. The first-order valence-electron chi connectivity index (χ1n) is 7.99. The second-order valence-electron chi connectivity index (χ2n) is 6.25. The van der Waals surface area contributed by atoms with Gasteiger partial charge in [-0.3, -0.25) is 0 Å². The lowest BCUT2D eigenvalue weighted by Crippen LogP contribution is -2.46. The van der Waals surface area contributed by atoms with Crippen LogP contribution in [-0.4, -0.2) is 28.1 Å². The van der Waals surface area contributed by atoms with E-state index in [0.717, 1.165) is 22.2 Å². The summed E-state index contributed by atoms with van der Waals surface area (Å²) >= 11 is 7.33. The molecule has 0 saturated heterocycles. The average Bonchev–Trinajstić information content (AvgIpc) is 2.91. The number of thiazole rings is 1. The number of aromatic nitrogens is 1. The third kappa shape index (κ3) is 3.58. The van der Waals surface area contributed by atoms with Gasteiger partial charge in [0.25, 0.3) is 0 Å².